The summed E-state index contributed by atoms with van der Waals surface area (Å²) >= 11 is 3.10. The maximum Gasteiger partial charge on any atom is 0.418 e. The zero-order valence-electron chi connectivity index (χ0n) is 11.0. The quantitative estimate of drug-likeness (QED) is 0.905. The van der Waals surface area contributed by atoms with Crippen molar-refractivity contribution in [1.29, 1.82) is 0 Å². The van der Waals surface area contributed by atoms with Crippen molar-refractivity contribution in [3.8, 4) is 0 Å². The Labute approximate surface area is 124 Å². The first-order valence-electron chi connectivity index (χ1n) is 6.29. The second-order valence-corrected chi connectivity index (χ2v) is 5.57. The third-order valence-corrected chi connectivity index (χ3v) is 3.67. The molecule has 0 spiro atoms. The molecule has 0 amide bonds. The summed E-state index contributed by atoms with van der Waals surface area (Å²) in [5, 5.41) is 2.98. The Morgan fingerprint density at radius 2 is 2.20 bits per heavy atom. The van der Waals surface area contributed by atoms with Crippen molar-refractivity contribution in [2.75, 3.05) is 38.2 Å². The molecule has 2 rings (SSSR count). The zero-order chi connectivity index (χ0) is 14.8. The Balaban J connectivity index is 2.27. The highest BCUT2D eigenvalue weighted by Gasteiger charge is 2.36. The lowest BCUT2D eigenvalue weighted by molar-refractivity contribution is -0.137. The first-order valence-corrected chi connectivity index (χ1v) is 7.09. The SMILES string of the molecule is CNCC1CN(c2ccc(Br)cc2C(F)(F)F)CCO1. The lowest BCUT2D eigenvalue weighted by Crippen LogP contribution is -2.46. The Hall–Kier alpha value is -0.790. The highest BCUT2D eigenvalue weighted by molar-refractivity contribution is 9.10. The Bertz CT molecular complexity index is 465. The molecule has 7 heteroatoms. The Morgan fingerprint density at radius 1 is 1.45 bits per heavy atom. The Kier molecular flexibility index (Phi) is 4.93. The van der Waals surface area contributed by atoms with E-state index in [-0.39, 0.29) is 11.8 Å². The molecule has 112 valence electrons. The fourth-order valence-electron chi connectivity index (χ4n) is 2.30. The second-order valence-electron chi connectivity index (χ2n) is 4.66. The van der Waals surface area contributed by atoms with Crippen LogP contribution >= 0.6 is 15.9 Å². The van der Waals surface area contributed by atoms with Gasteiger partial charge in [0.05, 0.1) is 18.3 Å². The molecule has 1 fully saturated rings. The number of ether oxygens (including phenoxy) is 1. The normalized spacial score (nSPS) is 20.2. The van der Waals surface area contributed by atoms with E-state index in [1.54, 1.807) is 18.0 Å². The molecule has 1 aliphatic heterocycles. The fourth-order valence-corrected chi connectivity index (χ4v) is 2.66. The number of benzene rings is 1. The van der Waals surface area contributed by atoms with E-state index in [9.17, 15) is 13.2 Å². The fraction of sp³-hybridized carbons (Fsp3) is 0.538. The summed E-state index contributed by atoms with van der Waals surface area (Å²) in [6.45, 7) is 1.96. The van der Waals surface area contributed by atoms with E-state index in [4.69, 9.17) is 4.74 Å². The first-order chi connectivity index (χ1) is 9.41. The lowest BCUT2D eigenvalue weighted by Gasteiger charge is -2.35. The predicted molar refractivity (Wildman–Crippen MR) is 75.0 cm³/mol. The van der Waals surface area contributed by atoms with E-state index in [0.717, 1.165) is 6.07 Å². The van der Waals surface area contributed by atoms with Gasteiger partial charge < -0.3 is 15.0 Å². The summed E-state index contributed by atoms with van der Waals surface area (Å²) in [6, 6.07) is 4.26. The smallest absolute Gasteiger partial charge is 0.373 e. The molecule has 1 aromatic rings. The summed E-state index contributed by atoms with van der Waals surface area (Å²) in [5.41, 5.74) is -0.401. The number of halogens is 4. The molecule has 1 N–H and O–H groups in total. The highest BCUT2D eigenvalue weighted by atomic mass is 79.9. The van der Waals surface area contributed by atoms with Crippen molar-refractivity contribution < 1.29 is 17.9 Å². The predicted octanol–water partition coefficient (Wildman–Crippen LogP) is 2.89. The average Bonchev–Trinajstić information content (AvgIpc) is 2.38. The van der Waals surface area contributed by atoms with Gasteiger partial charge in [-0.2, -0.15) is 13.2 Å². The molecule has 1 atom stereocenters. The van der Waals surface area contributed by atoms with Crippen molar-refractivity contribution in [2.24, 2.45) is 0 Å². The van der Waals surface area contributed by atoms with Gasteiger partial charge in [-0.15, -0.1) is 0 Å². The number of hydrogen-bond donors (Lipinski definition) is 1. The van der Waals surface area contributed by atoms with Gasteiger partial charge in [0.2, 0.25) is 0 Å². The largest absolute Gasteiger partial charge is 0.418 e. The van der Waals surface area contributed by atoms with Gasteiger partial charge in [0.25, 0.3) is 0 Å². The number of alkyl halides is 3. The number of likely N-dealkylation sites (N-methyl/N-ethyl adjacent to an activating group) is 1. The molecule has 1 unspecified atom stereocenters. The number of hydrogen-bond acceptors (Lipinski definition) is 3. The standard InChI is InChI=1S/C13H16BrF3N2O/c1-18-7-10-8-19(4-5-20-10)12-3-2-9(14)6-11(12)13(15,16)17/h2-3,6,10,18H,4-5,7-8H2,1H3. The maximum absolute atomic E-state index is 13.1. The summed E-state index contributed by atoms with van der Waals surface area (Å²) in [5.74, 6) is 0. The van der Waals surface area contributed by atoms with Crippen molar-refractivity contribution in [1.82, 2.24) is 5.32 Å². The van der Waals surface area contributed by atoms with Crippen molar-refractivity contribution in [3.05, 3.63) is 28.2 Å². The van der Waals surface area contributed by atoms with Gasteiger partial charge in [-0.25, -0.2) is 0 Å². The topological polar surface area (TPSA) is 24.5 Å². The van der Waals surface area contributed by atoms with E-state index in [0.29, 0.717) is 30.7 Å². The van der Waals surface area contributed by atoms with Crippen LogP contribution in [0.1, 0.15) is 5.56 Å². The lowest BCUT2D eigenvalue weighted by atomic mass is 10.1. The van der Waals surface area contributed by atoms with E-state index < -0.39 is 11.7 Å². The van der Waals surface area contributed by atoms with Crippen LogP contribution in [0.25, 0.3) is 0 Å². The van der Waals surface area contributed by atoms with Crippen molar-refractivity contribution in [3.63, 3.8) is 0 Å². The van der Waals surface area contributed by atoms with Gasteiger partial charge in [-0.05, 0) is 25.2 Å². The molecule has 0 aromatic heterocycles. The average molecular weight is 353 g/mol. The molecule has 1 aromatic carbocycles. The van der Waals surface area contributed by atoms with Gasteiger partial charge in [0.1, 0.15) is 0 Å². The van der Waals surface area contributed by atoms with E-state index in [2.05, 4.69) is 21.2 Å². The number of anilines is 1. The molecular formula is C13H16BrF3N2O. The van der Waals surface area contributed by atoms with Crippen molar-refractivity contribution in [2.45, 2.75) is 12.3 Å². The van der Waals surface area contributed by atoms with Crippen LogP contribution in [0.5, 0.6) is 0 Å². The molecule has 1 heterocycles. The number of nitrogens with zero attached hydrogens (tertiary/aromatic N) is 1. The number of nitrogens with one attached hydrogen (secondary N) is 1. The molecule has 0 aliphatic carbocycles. The minimum atomic E-state index is -4.37. The molecular weight excluding hydrogens is 337 g/mol. The molecule has 20 heavy (non-hydrogen) atoms. The molecule has 1 saturated heterocycles. The zero-order valence-corrected chi connectivity index (χ0v) is 12.6. The molecule has 1 aliphatic rings. The summed E-state index contributed by atoms with van der Waals surface area (Å²) in [4.78, 5) is 1.74. The summed E-state index contributed by atoms with van der Waals surface area (Å²) in [7, 11) is 1.79. The van der Waals surface area contributed by atoms with Gasteiger partial charge in [-0.3, -0.25) is 0 Å². The van der Waals surface area contributed by atoms with Gasteiger partial charge in [-0.1, -0.05) is 15.9 Å². The monoisotopic (exact) mass is 352 g/mol. The van der Waals surface area contributed by atoms with Crippen LogP contribution in [-0.2, 0) is 10.9 Å². The van der Waals surface area contributed by atoms with Gasteiger partial charge in [0.15, 0.2) is 0 Å². The molecule has 0 saturated carbocycles. The number of rotatable bonds is 3. The number of morpholine rings is 1. The summed E-state index contributed by atoms with van der Waals surface area (Å²) < 4.78 is 45.4. The van der Waals surface area contributed by atoms with Gasteiger partial charge in [0, 0.05) is 29.8 Å². The second kappa shape index (κ2) is 6.32. The van der Waals surface area contributed by atoms with E-state index in [1.165, 1.54) is 6.07 Å². The summed E-state index contributed by atoms with van der Waals surface area (Å²) in [6.07, 6.45) is -4.46. The van der Waals surface area contributed by atoms with Crippen LogP contribution in [0.15, 0.2) is 22.7 Å². The van der Waals surface area contributed by atoms with E-state index in [1.807, 2.05) is 0 Å². The first kappa shape index (κ1) is 15.6. The maximum atomic E-state index is 13.1. The molecule has 0 bridgehead atoms. The van der Waals surface area contributed by atoms with Crippen molar-refractivity contribution >= 4 is 21.6 Å². The molecule has 0 radical (unpaired) electrons. The van der Waals surface area contributed by atoms with Crippen LogP contribution in [0.3, 0.4) is 0 Å². The third kappa shape index (κ3) is 3.65. The van der Waals surface area contributed by atoms with Crippen LogP contribution in [0.2, 0.25) is 0 Å². The Morgan fingerprint density at radius 3 is 2.85 bits per heavy atom. The van der Waals surface area contributed by atoms with Crippen LogP contribution in [-0.4, -0.2) is 39.4 Å². The van der Waals surface area contributed by atoms with Crippen LogP contribution in [0.4, 0.5) is 18.9 Å². The van der Waals surface area contributed by atoms with Crippen LogP contribution in [0, 0.1) is 0 Å². The minimum absolute atomic E-state index is 0.0986. The molecule has 3 nitrogen and oxygen atoms in total. The van der Waals surface area contributed by atoms with E-state index >= 15 is 0 Å². The highest BCUT2D eigenvalue weighted by Crippen LogP contribution is 2.38. The minimum Gasteiger partial charge on any atom is -0.373 e. The van der Waals surface area contributed by atoms with Crippen LogP contribution < -0.4 is 10.2 Å². The van der Waals surface area contributed by atoms with Gasteiger partial charge >= 0.3 is 6.18 Å². The third-order valence-electron chi connectivity index (χ3n) is 3.18.